The van der Waals surface area contributed by atoms with Crippen LogP contribution < -0.4 is 20.9 Å². The van der Waals surface area contributed by atoms with Gasteiger partial charge < -0.3 is 25.3 Å². The zero-order valence-corrected chi connectivity index (χ0v) is 17.0. The van der Waals surface area contributed by atoms with Gasteiger partial charge in [0.25, 0.3) is 5.56 Å². The number of hydrogen-bond donors (Lipinski definition) is 2. The van der Waals surface area contributed by atoms with E-state index in [0.29, 0.717) is 42.8 Å². The van der Waals surface area contributed by atoms with E-state index in [-0.39, 0.29) is 17.5 Å². The van der Waals surface area contributed by atoms with E-state index in [1.807, 2.05) is 6.07 Å². The van der Waals surface area contributed by atoms with Crippen molar-refractivity contribution < 1.29 is 9.53 Å². The molecule has 1 aliphatic heterocycles. The first kappa shape index (κ1) is 20.1. The first-order chi connectivity index (χ1) is 14.6. The van der Waals surface area contributed by atoms with E-state index in [4.69, 9.17) is 10.5 Å². The molecule has 0 bridgehead atoms. The van der Waals surface area contributed by atoms with Crippen molar-refractivity contribution in [1.29, 1.82) is 0 Å². The number of amides is 1. The molecule has 1 saturated heterocycles. The van der Waals surface area contributed by atoms with Crippen LogP contribution in [0.5, 0.6) is 5.88 Å². The van der Waals surface area contributed by atoms with E-state index in [1.54, 1.807) is 23.4 Å². The van der Waals surface area contributed by atoms with E-state index < -0.39 is 0 Å². The Morgan fingerprint density at radius 2 is 2.20 bits per heavy atom. The summed E-state index contributed by atoms with van der Waals surface area (Å²) in [6.45, 7) is 2.32. The van der Waals surface area contributed by atoms with Crippen LogP contribution in [-0.4, -0.2) is 65.1 Å². The van der Waals surface area contributed by atoms with Gasteiger partial charge in [0, 0.05) is 44.0 Å². The normalized spacial score (nSPS) is 16.5. The molecule has 2 aromatic heterocycles. The van der Waals surface area contributed by atoms with Crippen molar-refractivity contribution in [3.8, 4) is 17.1 Å². The average molecular weight is 410 g/mol. The minimum atomic E-state index is -0.150. The fourth-order valence-electron chi connectivity index (χ4n) is 3.55. The number of nitrogens with two attached hydrogens (primary N) is 1. The third-order valence-corrected chi connectivity index (χ3v) is 5.47. The molecule has 3 heterocycles. The molecule has 2 fully saturated rings. The SMILES string of the molecule is COc1cncc(-c2c[nH]c(=O)c(N(CC3CC3)C3CN(C(=O)/C=C/CN)C3)c2)n1. The number of carbonyl (C=O) groups excluding carboxylic acids is 1. The molecule has 4 rings (SSSR count). The lowest BCUT2D eigenvalue weighted by Crippen LogP contribution is -2.62. The van der Waals surface area contributed by atoms with E-state index in [9.17, 15) is 9.59 Å². The van der Waals surface area contributed by atoms with Gasteiger partial charge in [-0.15, -0.1) is 0 Å². The highest BCUT2D eigenvalue weighted by Gasteiger charge is 2.37. The third-order valence-electron chi connectivity index (χ3n) is 5.47. The highest BCUT2D eigenvalue weighted by Crippen LogP contribution is 2.33. The molecule has 0 unspecified atom stereocenters. The van der Waals surface area contributed by atoms with Gasteiger partial charge in [0.1, 0.15) is 5.69 Å². The summed E-state index contributed by atoms with van der Waals surface area (Å²) in [4.78, 5) is 40.2. The molecule has 158 valence electrons. The summed E-state index contributed by atoms with van der Waals surface area (Å²) in [6, 6.07) is 1.96. The summed E-state index contributed by atoms with van der Waals surface area (Å²) in [5, 5.41) is 0. The average Bonchev–Trinajstić information content (AvgIpc) is 3.55. The Labute approximate surface area is 174 Å². The first-order valence-electron chi connectivity index (χ1n) is 10.1. The second-order valence-corrected chi connectivity index (χ2v) is 7.68. The van der Waals surface area contributed by atoms with Gasteiger partial charge in [0.05, 0.1) is 31.2 Å². The lowest BCUT2D eigenvalue weighted by molar-refractivity contribution is -0.130. The van der Waals surface area contributed by atoms with E-state index in [2.05, 4.69) is 19.9 Å². The predicted octanol–water partition coefficient (Wildman–Crippen LogP) is 0.783. The zero-order valence-electron chi connectivity index (χ0n) is 17.0. The second-order valence-electron chi connectivity index (χ2n) is 7.68. The van der Waals surface area contributed by atoms with Crippen molar-refractivity contribution in [2.75, 3.05) is 38.2 Å². The lowest BCUT2D eigenvalue weighted by Gasteiger charge is -2.46. The fraction of sp³-hybridized carbons (Fsp3) is 0.429. The number of ether oxygens (including phenoxy) is 1. The van der Waals surface area contributed by atoms with Crippen LogP contribution in [0.4, 0.5) is 5.69 Å². The molecule has 9 heteroatoms. The summed E-state index contributed by atoms with van der Waals surface area (Å²) >= 11 is 0. The second kappa shape index (κ2) is 8.66. The number of nitrogens with one attached hydrogen (secondary N) is 1. The Kier molecular flexibility index (Phi) is 5.80. The molecule has 30 heavy (non-hydrogen) atoms. The van der Waals surface area contributed by atoms with Gasteiger partial charge in [0.2, 0.25) is 11.8 Å². The fourth-order valence-corrected chi connectivity index (χ4v) is 3.55. The number of aromatic nitrogens is 3. The standard InChI is InChI=1S/C21H26N6O3/c1-30-19-10-23-9-17(25-19)15-7-18(21(29)24-8-15)27(11-14-4-5-14)16-12-26(13-16)20(28)3-2-6-22/h2-3,7-10,14,16H,4-6,11-13,22H2,1H3,(H,24,29)/b3-2+. The third kappa shape index (κ3) is 4.35. The first-order valence-corrected chi connectivity index (χ1v) is 10.1. The molecule has 0 atom stereocenters. The molecule has 1 saturated carbocycles. The van der Waals surface area contributed by atoms with Crippen LogP contribution in [0, 0.1) is 5.92 Å². The Hall–Kier alpha value is -3.20. The summed E-state index contributed by atoms with van der Waals surface area (Å²) < 4.78 is 5.16. The molecule has 2 aliphatic rings. The van der Waals surface area contributed by atoms with Gasteiger partial charge in [-0.2, -0.15) is 0 Å². The maximum Gasteiger partial charge on any atom is 0.271 e. The van der Waals surface area contributed by atoms with Crippen LogP contribution in [0.25, 0.3) is 11.3 Å². The molecule has 0 aromatic carbocycles. The van der Waals surface area contributed by atoms with E-state index in [0.717, 1.165) is 12.1 Å². The molecule has 1 aliphatic carbocycles. The maximum absolute atomic E-state index is 12.7. The highest BCUT2D eigenvalue weighted by molar-refractivity contribution is 5.88. The van der Waals surface area contributed by atoms with Crippen LogP contribution in [0.3, 0.4) is 0 Å². The van der Waals surface area contributed by atoms with E-state index in [1.165, 1.54) is 32.2 Å². The van der Waals surface area contributed by atoms with Gasteiger partial charge in [-0.3, -0.25) is 14.6 Å². The minimum absolute atomic E-state index is 0.0441. The molecule has 1 amide bonds. The number of nitrogens with zero attached hydrogens (tertiary/aromatic N) is 4. The van der Waals surface area contributed by atoms with Gasteiger partial charge >= 0.3 is 0 Å². The monoisotopic (exact) mass is 410 g/mol. The summed E-state index contributed by atoms with van der Waals surface area (Å²) in [7, 11) is 1.54. The van der Waals surface area contributed by atoms with Crippen molar-refractivity contribution >= 4 is 11.6 Å². The molecule has 0 radical (unpaired) electrons. The van der Waals surface area contributed by atoms with Crippen LogP contribution >= 0.6 is 0 Å². The van der Waals surface area contributed by atoms with Crippen LogP contribution in [0.2, 0.25) is 0 Å². The summed E-state index contributed by atoms with van der Waals surface area (Å²) in [6.07, 6.45) is 10.3. The number of anilines is 1. The summed E-state index contributed by atoms with van der Waals surface area (Å²) in [5.74, 6) is 0.956. The van der Waals surface area contributed by atoms with Gasteiger partial charge in [-0.25, -0.2) is 4.98 Å². The maximum atomic E-state index is 12.7. The Morgan fingerprint density at radius 3 is 2.90 bits per heavy atom. The predicted molar refractivity (Wildman–Crippen MR) is 113 cm³/mol. The van der Waals surface area contributed by atoms with Gasteiger partial charge in [-0.1, -0.05) is 6.08 Å². The molecule has 2 aromatic rings. The van der Waals surface area contributed by atoms with Gasteiger partial charge in [0.15, 0.2) is 0 Å². The zero-order chi connectivity index (χ0) is 21.1. The van der Waals surface area contributed by atoms with Gasteiger partial charge in [-0.05, 0) is 24.8 Å². The Balaban J connectivity index is 1.58. The van der Waals surface area contributed by atoms with Crippen LogP contribution in [0.15, 0.2) is 41.6 Å². The number of pyridine rings is 1. The quantitative estimate of drug-likeness (QED) is 0.618. The topological polar surface area (TPSA) is 117 Å². The number of likely N-dealkylation sites (tertiary alicyclic amines) is 1. The lowest BCUT2D eigenvalue weighted by atomic mass is 10.0. The number of rotatable bonds is 8. The number of H-pyrrole nitrogens is 1. The highest BCUT2D eigenvalue weighted by atomic mass is 16.5. The summed E-state index contributed by atoms with van der Waals surface area (Å²) in [5.41, 5.74) is 7.25. The van der Waals surface area contributed by atoms with Crippen molar-refractivity contribution in [2.45, 2.75) is 18.9 Å². The molecular formula is C21H26N6O3. The van der Waals surface area contributed by atoms with Crippen molar-refractivity contribution in [3.05, 3.63) is 47.2 Å². The number of hydrogen-bond acceptors (Lipinski definition) is 7. The van der Waals surface area contributed by atoms with E-state index >= 15 is 0 Å². The molecule has 9 nitrogen and oxygen atoms in total. The van der Waals surface area contributed by atoms with Crippen molar-refractivity contribution in [1.82, 2.24) is 19.9 Å². The molecule has 3 N–H and O–H groups in total. The van der Waals surface area contributed by atoms with Crippen LogP contribution in [-0.2, 0) is 4.79 Å². The van der Waals surface area contributed by atoms with Crippen molar-refractivity contribution in [2.24, 2.45) is 11.7 Å². The van der Waals surface area contributed by atoms with Crippen LogP contribution in [0.1, 0.15) is 12.8 Å². The molecular weight excluding hydrogens is 384 g/mol. The number of aromatic amines is 1. The number of methoxy groups -OCH3 is 1. The number of carbonyl (C=O) groups is 1. The largest absolute Gasteiger partial charge is 0.480 e. The van der Waals surface area contributed by atoms with Crippen molar-refractivity contribution in [3.63, 3.8) is 0 Å². The smallest absolute Gasteiger partial charge is 0.271 e. The molecule has 0 spiro atoms. The minimum Gasteiger partial charge on any atom is -0.480 e. The Bertz CT molecular complexity index is 994. The Morgan fingerprint density at radius 1 is 1.40 bits per heavy atom.